The lowest BCUT2D eigenvalue weighted by atomic mass is 10.2. The molecule has 1 amide bonds. The lowest BCUT2D eigenvalue weighted by Gasteiger charge is -2.11. The van der Waals surface area contributed by atoms with Crippen LogP contribution in [0.1, 0.15) is 43.0 Å². The Bertz CT molecular complexity index is 482. The molecule has 1 aliphatic rings. The number of esters is 1. The van der Waals surface area contributed by atoms with Crippen molar-refractivity contribution in [1.82, 2.24) is 4.98 Å². The molecule has 5 nitrogen and oxygen atoms in total. The molecule has 0 spiro atoms. The molecule has 0 aliphatic heterocycles. The van der Waals surface area contributed by atoms with Crippen LogP contribution in [0.4, 0.5) is 5.82 Å². The summed E-state index contributed by atoms with van der Waals surface area (Å²) in [6, 6.07) is 3.21. The second kappa shape index (κ2) is 6.83. The molecule has 0 radical (unpaired) electrons. The minimum Gasteiger partial charge on any atom is -0.459 e. The van der Waals surface area contributed by atoms with Crippen molar-refractivity contribution in [2.45, 2.75) is 43.5 Å². The van der Waals surface area contributed by atoms with Gasteiger partial charge in [0, 0.05) is 6.20 Å². The second-order valence-corrected chi connectivity index (χ2v) is 6.22. The fraction of sp³-hybridized carbons (Fsp3) is 0.500. The van der Waals surface area contributed by atoms with Gasteiger partial charge in [-0.25, -0.2) is 9.78 Å². The predicted molar refractivity (Wildman–Crippen MR) is 78.9 cm³/mol. The Labute approximate surface area is 126 Å². The summed E-state index contributed by atoms with van der Waals surface area (Å²) in [4.78, 5) is 27.1. The summed E-state index contributed by atoms with van der Waals surface area (Å²) in [5.74, 6) is -0.117. The second-order valence-electron chi connectivity index (χ2n) is 4.85. The maximum absolute atomic E-state index is 11.9. The summed E-state index contributed by atoms with van der Waals surface area (Å²) in [7, 11) is 0. The number of amides is 1. The molecular formula is C14H17BrN2O3. The quantitative estimate of drug-likeness (QED) is 0.675. The van der Waals surface area contributed by atoms with Gasteiger partial charge < -0.3 is 10.1 Å². The minimum atomic E-state index is -0.351. The highest BCUT2D eigenvalue weighted by molar-refractivity contribution is 9.10. The number of aromatic nitrogens is 1. The molecule has 1 atom stereocenters. The summed E-state index contributed by atoms with van der Waals surface area (Å²) < 4.78 is 5.38. The molecule has 1 unspecified atom stereocenters. The first-order chi connectivity index (χ1) is 9.56. The summed E-state index contributed by atoms with van der Waals surface area (Å²) in [6.45, 7) is 1.72. The van der Waals surface area contributed by atoms with Crippen LogP contribution in [-0.4, -0.2) is 27.8 Å². The van der Waals surface area contributed by atoms with E-state index in [-0.39, 0.29) is 22.8 Å². The maximum atomic E-state index is 11.9. The van der Waals surface area contributed by atoms with E-state index in [0.29, 0.717) is 11.4 Å². The molecule has 108 valence electrons. The molecule has 6 heteroatoms. The zero-order valence-electron chi connectivity index (χ0n) is 11.3. The number of hydrogen-bond donors (Lipinski definition) is 1. The van der Waals surface area contributed by atoms with Gasteiger partial charge in [-0.3, -0.25) is 4.79 Å². The number of nitrogens with one attached hydrogen (secondary N) is 1. The van der Waals surface area contributed by atoms with Crippen molar-refractivity contribution in [3.63, 3.8) is 0 Å². The third-order valence-electron chi connectivity index (χ3n) is 3.19. The number of alkyl halides is 1. The first kappa shape index (κ1) is 15.0. The van der Waals surface area contributed by atoms with Crippen LogP contribution >= 0.6 is 15.9 Å². The predicted octanol–water partition coefficient (Wildman–Crippen LogP) is 2.90. The Hall–Kier alpha value is -1.43. The van der Waals surface area contributed by atoms with Crippen molar-refractivity contribution in [3.05, 3.63) is 23.9 Å². The Morgan fingerprint density at radius 3 is 2.65 bits per heavy atom. The molecule has 0 saturated heterocycles. The van der Waals surface area contributed by atoms with Gasteiger partial charge in [0.15, 0.2) is 0 Å². The zero-order chi connectivity index (χ0) is 14.5. The lowest BCUT2D eigenvalue weighted by Crippen LogP contribution is -2.20. The highest BCUT2D eigenvalue weighted by Crippen LogP contribution is 2.22. The zero-order valence-corrected chi connectivity index (χ0v) is 12.9. The summed E-state index contributed by atoms with van der Waals surface area (Å²) in [5.41, 5.74) is 0.404. The van der Waals surface area contributed by atoms with Gasteiger partial charge in [0.05, 0.1) is 10.4 Å². The maximum Gasteiger partial charge on any atom is 0.339 e. The molecular weight excluding hydrogens is 324 g/mol. The van der Waals surface area contributed by atoms with Crippen molar-refractivity contribution in [1.29, 1.82) is 0 Å². The number of hydrogen-bond acceptors (Lipinski definition) is 4. The Morgan fingerprint density at radius 2 is 2.10 bits per heavy atom. The molecule has 1 N–H and O–H groups in total. The molecule has 0 bridgehead atoms. The van der Waals surface area contributed by atoms with E-state index >= 15 is 0 Å². The van der Waals surface area contributed by atoms with Gasteiger partial charge in [0.25, 0.3) is 0 Å². The lowest BCUT2D eigenvalue weighted by molar-refractivity contribution is -0.115. The number of carbonyl (C=O) groups is 2. The van der Waals surface area contributed by atoms with Gasteiger partial charge in [-0.2, -0.15) is 0 Å². The summed E-state index contributed by atoms with van der Waals surface area (Å²) >= 11 is 3.17. The molecule has 2 rings (SSSR count). The highest BCUT2D eigenvalue weighted by atomic mass is 79.9. The van der Waals surface area contributed by atoms with E-state index in [1.54, 1.807) is 19.1 Å². The highest BCUT2D eigenvalue weighted by Gasteiger charge is 2.20. The van der Waals surface area contributed by atoms with Crippen LogP contribution in [0.5, 0.6) is 0 Å². The SMILES string of the molecule is CC(Br)C(=O)Nc1ccc(C(=O)OC2CCCC2)cn1. The number of nitrogens with zero attached hydrogens (tertiary/aromatic N) is 1. The van der Waals surface area contributed by atoms with E-state index in [2.05, 4.69) is 26.2 Å². The number of rotatable bonds is 4. The number of halogens is 1. The van der Waals surface area contributed by atoms with Crippen LogP contribution in [-0.2, 0) is 9.53 Å². The van der Waals surface area contributed by atoms with Crippen molar-refractivity contribution in [3.8, 4) is 0 Å². The fourth-order valence-electron chi connectivity index (χ4n) is 2.04. The molecule has 1 aromatic rings. The average molecular weight is 341 g/mol. The smallest absolute Gasteiger partial charge is 0.339 e. The molecule has 20 heavy (non-hydrogen) atoms. The monoisotopic (exact) mass is 340 g/mol. The van der Waals surface area contributed by atoms with Gasteiger partial charge in [-0.05, 0) is 44.7 Å². The molecule has 1 saturated carbocycles. The van der Waals surface area contributed by atoms with Crippen molar-refractivity contribution in [2.24, 2.45) is 0 Å². The van der Waals surface area contributed by atoms with E-state index in [1.807, 2.05) is 0 Å². The molecule has 1 fully saturated rings. The molecule has 1 aliphatic carbocycles. The van der Waals surface area contributed by atoms with Crippen molar-refractivity contribution < 1.29 is 14.3 Å². The molecule has 1 heterocycles. The first-order valence-corrected chi connectivity index (χ1v) is 7.60. The van der Waals surface area contributed by atoms with E-state index in [1.165, 1.54) is 6.20 Å². The first-order valence-electron chi connectivity index (χ1n) is 6.68. The fourth-order valence-corrected chi connectivity index (χ4v) is 2.15. The van der Waals surface area contributed by atoms with Crippen LogP contribution < -0.4 is 5.32 Å². The van der Waals surface area contributed by atoms with Gasteiger partial charge >= 0.3 is 5.97 Å². The molecule has 0 aromatic carbocycles. The van der Waals surface area contributed by atoms with E-state index < -0.39 is 0 Å². The van der Waals surface area contributed by atoms with Crippen LogP contribution in [0, 0.1) is 0 Å². The number of carbonyl (C=O) groups excluding carboxylic acids is 2. The summed E-state index contributed by atoms with van der Waals surface area (Å²) in [5, 5.41) is 2.63. The van der Waals surface area contributed by atoms with Gasteiger partial charge in [0.2, 0.25) is 5.91 Å². The van der Waals surface area contributed by atoms with Crippen LogP contribution in [0.15, 0.2) is 18.3 Å². The third kappa shape index (κ3) is 4.03. The van der Waals surface area contributed by atoms with Crippen molar-refractivity contribution >= 4 is 33.6 Å². The van der Waals surface area contributed by atoms with E-state index in [9.17, 15) is 9.59 Å². The number of anilines is 1. The number of ether oxygens (including phenoxy) is 1. The Morgan fingerprint density at radius 1 is 1.40 bits per heavy atom. The minimum absolute atomic E-state index is 0.0381. The van der Waals surface area contributed by atoms with E-state index in [0.717, 1.165) is 25.7 Å². The van der Waals surface area contributed by atoms with Gasteiger partial charge in [-0.1, -0.05) is 15.9 Å². The molecule has 1 aromatic heterocycles. The normalized spacial score (nSPS) is 16.7. The average Bonchev–Trinajstić information content (AvgIpc) is 2.92. The topological polar surface area (TPSA) is 68.3 Å². The van der Waals surface area contributed by atoms with Gasteiger partial charge in [0.1, 0.15) is 11.9 Å². The summed E-state index contributed by atoms with van der Waals surface area (Å²) in [6.07, 6.45) is 5.58. The number of pyridine rings is 1. The van der Waals surface area contributed by atoms with E-state index in [4.69, 9.17) is 4.74 Å². The van der Waals surface area contributed by atoms with Crippen LogP contribution in [0.2, 0.25) is 0 Å². The third-order valence-corrected chi connectivity index (χ3v) is 3.60. The Kier molecular flexibility index (Phi) is 5.11. The van der Waals surface area contributed by atoms with Crippen molar-refractivity contribution in [2.75, 3.05) is 5.32 Å². The van der Waals surface area contributed by atoms with Crippen LogP contribution in [0.3, 0.4) is 0 Å². The van der Waals surface area contributed by atoms with Crippen LogP contribution in [0.25, 0.3) is 0 Å². The van der Waals surface area contributed by atoms with Gasteiger partial charge in [-0.15, -0.1) is 0 Å². The Balaban J connectivity index is 1.93. The largest absolute Gasteiger partial charge is 0.459 e. The standard InChI is InChI=1S/C14H17BrN2O3/c1-9(15)13(18)17-12-7-6-10(8-16-12)14(19)20-11-4-2-3-5-11/h6-9,11H,2-5H2,1H3,(H,16,17,18).